The standard InChI is InChI=1S/C11H11NO2/c1-14-8-4-5-9(11(13)7-8)10-3-2-6-12-10/h2-7,12-13H,1H3. The predicted octanol–water partition coefficient (Wildman–Crippen LogP) is 2.40. The molecule has 1 heterocycles. The van der Waals surface area contributed by atoms with Crippen LogP contribution in [0.3, 0.4) is 0 Å². The molecule has 0 unspecified atom stereocenters. The summed E-state index contributed by atoms with van der Waals surface area (Å²) < 4.78 is 5.00. The van der Waals surface area contributed by atoms with Gasteiger partial charge in [0, 0.05) is 23.5 Å². The Hall–Kier alpha value is -1.90. The fourth-order valence-electron chi connectivity index (χ4n) is 1.36. The van der Waals surface area contributed by atoms with Gasteiger partial charge >= 0.3 is 0 Å². The topological polar surface area (TPSA) is 45.2 Å². The van der Waals surface area contributed by atoms with Gasteiger partial charge in [0.05, 0.1) is 7.11 Å². The van der Waals surface area contributed by atoms with Gasteiger partial charge in [-0.05, 0) is 24.3 Å². The summed E-state index contributed by atoms with van der Waals surface area (Å²) in [4.78, 5) is 3.03. The van der Waals surface area contributed by atoms with Crippen molar-refractivity contribution in [2.75, 3.05) is 7.11 Å². The summed E-state index contributed by atoms with van der Waals surface area (Å²) in [6.45, 7) is 0. The zero-order valence-corrected chi connectivity index (χ0v) is 7.82. The first kappa shape index (κ1) is 8.69. The largest absolute Gasteiger partial charge is 0.507 e. The lowest BCUT2D eigenvalue weighted by Crippen LogP contribution is -1.84. The normalized spacial score (nSPS) is 10.1. The number of H-pyrrole nitrogens is 1. The van der Waals surface area contributed by atoms with Crippen molar-refractivity contribution in [1.82, 2.24) is 4.98 Å². The Labute approximate surface area is 82.0 Å². The first-order valence-corrected chi connectivity index (χ1v) is 4.32. The number of aromatic amines is 1. The molecule has 3 nitrogen and oxygen atoms in total. The molecule has 2 aromatic rings. The van der Waals surface area contributed by atoms with Crippen LogP contribution >= 0.6 is 0 Å². The summed E-state index contributed by atoms with van der Waals surface area (Å²) in [7, 11) is 1.57. The maximum absolute atomic E-state index is 9.69. The molecule has 0 aliphatic carbocycles. The molecule has 0 fully saturated rings. The molecule has 0 aliphatic rings. The molecule has 0 saturated carbocycles. The molecular weight excluding hydrogens is 178 g/mol. The SMILES string of the molecule is COc1ccc(-c2ccc[nH]2)c(O)c1. The van der Waals surface area contributed by atoms with Crippen molar-refractivity contribution >= 4 is 0 Å². The van der Waals surface area contributed by atoms with Gasteiger partial charge in [-0.1, -0.05) is 0 Å². The number of methoxy groups -OCH3 is 1. The number of phenolic OH excluding ortho intramolecular Hbond substituents is 1. The highest BCUT2D eigenvalue weighted by molar-refractivity contribution is 5.68. The van der Waals surface area contributed by atoms with E-state index in [1.54, 1.807) is 13.2 Å². The van der Waals surface area contributed by atoms with Crippen molar-refractivity contribution in [2.45, 2.75) is 0 Å². The average Bonchev–Trinajstić information content (AvgIpc) is 2.70. The molecule has 0 aliphatic heterocycles. The average molecular weight is 189 g/mol. The van der Waals surface area contributed by atoms with Crippen LogP contribution in [0, 0.1) is 0 Å². The number of nitrogens with one attached hydrogen (secondary N) is 1. The van der Waals surface area contributed by atoms with Crippen molar-refractivity contribution in [1.29, 1.82) is 0 Å². The first-order chi connectivity index (χ1) is 6.81. The lowest BCUT2D eigenvalue weighted by atomic mass is 10.1. The third kappa shape index (κ3) is 1.44. The van der Waals surface area contributed by atoms with Crippen LogP contribution in [0.4, 0.5) is 0 Å². The van der Waals surface area contributed by atoms with Crippen LogP contribution in [0.25, 0.3) is 11.3 Å². The van der Waals surface area contributed by atoms with E-state index in [0.29, 0.717) is 5.75 Å². The Morgan fingerprint density at radius 2 is 2.14 bits per heavy atom. The number of phenols is 1. The van der Waals surface area contributed by atoms with Gasteiger partial charge in [0.1, 0.15) is 11.5 Å². The van der Waals surface area contributed by atoms with Crippen LogP contribution in [0.2, 0.25) is 0 Å². The second kappa shape index (κ2) is 3.46. The van der Waals surface area contributed by atoms with E-state index >= 15 is 0 Å². The quantitative estimate of drug-likeness (QED) is 0.761. The highest BCUT2D eigenvalue weighted by Crippen LogP contribution is 2.30. The highest BCUT2D eigenvalue weighted by atomic mass is 16.5. The van der Waals surface area contributed by atoms with Crippen molar-refractivity contribution in [2.24, 2.45) is 0 Å². The van der Waals surface area contributed by atoms with E-state index in [4.69, 9.17) is 4.74 Å². The lowest BCUT2D eigenvalue weighted by molar-refractivity contribution is 0.408. The number of hydrogen-bond donors (Lipinski definition) is 2. The molecule has 0 spiro atoms. The second-order valence-corrected chi connectivity index (χ2v) is 2.97. The maximum Gasteiger partial charge on any atom is 0.128 e. The molecule has 0 bridgehead atoms. The van der Waals surface area contributed by atoms with Gasteiger partial charge in [0.15, 0.2) is 0 Å². The van der Waals surface area contributed by atoms with Crippen LogP contribution < -0.4 is 4.74 Å². The highest BCUT2D eigenvalue weighted by Gasteiger charge is 2.05. The third-order valence-corrected chi connectivity index (χ3v) is 2.09. The van der Waals surface area contributed by atoms with E-state index in [1.807, 2.05) is 30.5 Å². The van der Waals surface area contributed by atoms with Crippen LogP contribution in [-0.2, 0) is 0 Å². The Kier molecular flexibility index (Phi) is 2.14. The van der Waals surface area contributed by atoms with Gasteiger partial charge < -0.3 is 14.8 Å². The first-order valence-electron chi connectivity index (χ1n) is 4.32. The van der Waals surface area contributed by atoms with Gasteiger partial charge in [-0.3, -0.25) is 0 Å². The maximum atomic E-state index is 9.69. The molecular formula is C11H11NO2. The number of ether oxygens (including phenoxy) is 1. The molecule has 3 heteroatoms. The van der Waals surface area contributed by atoms with Crippen molar-refractivity contribution in [3.05, 3.63) is 36.5 Å². The van der Waals surface area contributed by atoms with Gasteiger partial charge in [0.25, 0.3) is 0 Å². The van der Waals surface area contributed by atoms with Crippen molar-refractivity contribution < 1.29 is 9.84 Å². The smallest absolute Gasteiger partial charge is 0.128 e. The Balaban J connectivity index is 2.46. The minimum absolute atomic E-state index is 0.215. The van der Waals surface area contributed by atoms with E-state index in [2.05, 4.69) is 4.98 Å². The summed E-state index contributed by atoms with van der Waals surface area (Å²) in [5.74, 6) is 0.865. The second-order valence-electron chi connectivity index (χ2n) is 2.97. The monoisotopic (exact) mass is 189 g/mol. The Bertz CT molecular complexity index is 421. The number of benzene rings is 1. The van der Waals surface area contributed by atoms with Crippen LogP contribution in [-0.4, -0.2) is 17.2 Å². The Morgan fingerprint density at radius 1 is 1.29 bits per heavy atom. The zero-order valence-electron chi connectivity index (χ0n) is 7.82. The van der Waals surface area contributed by atoms with Crippen LogP contribution in [0.15, 0.2) is 36.5 Å². The minimum Gasteiger partial charge on any atom is -0.507 e. The molecule has 14 heavy (non-hydrogen) atoms. The molecule has 72 valence electrons. The molecule has 0 amide bonds. The summed E-state index contributed by atoms with van der Waals surface area (Å²) in [6.07, 6.45) is 1.82. The number of aromatic nitrogens is 1. The Morgan fingerprint density at radius 3 is 2.71 bits per heavy atom. The van der Waals surface area contributed by atoms with E-state index in [0.717, 1.165) is 11.3 Å². The summed E-state index contributed by atoms with van der Waals surface area (Å²) >= 11 is 0. The summed E-state index contributed by atoms with van der Waals surface area (Å²) in [5, 5.41) is 9.69. The van der Waals surface area contributed by atoms with Crippen LogP contribution in [0.1, 0.15) is 0 Å². The lowest BCUT2D eigenvalue weighted by Gasteiger charge is -2.04. The number of rotatable bonds is 2. The van der Waals surface area contributed by atoms with Gasteiger partial charge in [-0.15, -0.1) is 0 Å². The third-order valence-electron chi connectivity index (χ3n) is 2.09. The van der Waals surface area contributed by atoms with E-state index in [-0.39, 0.29) is 5.75 Å². The molecule has 1 aromatic carbocycles. The zero-order chi connectivity index (χ0) is 9.97. The summed E-state index contributed by atoms with van der Waals surface area (Å²) in [5.41, 5.74) is 1.67. The van der Waals surface area contributed by atoms with E-state index < -0.39 is 0 Å². The summed E-state index contributed by atoms with van der Waals surface area (Å²) in [6, 6.07) is 9.02. The molecule has 0 saturated heterocycles. The number of hydrogen-bond acceptors (Lipinski definition) is 2. The molecule has 1 aromatic heterocycles. The number of aromatic hydroxyl groups is 1. The molecule has 0 atom stereocenters. The fraction of sp³-hybridized carbons (Fsp3) is 0.0909. The fourth-order valence-corrected chi connectivity index (χ4v) is 1.36. The van der Waals surface area contributed by atoms with Gasteiger partial charge in [-0.25, -0.2) is 0 Å². The minimum atomic E-state index is 0.215. The molecule has 0 radical (unpaired) electrons. The van der Waals surface area contributed by atoms with Crippen LogP contribution in [0.5, 0.6) is 11.5 Å². The van der Waals surface area contributed by atoms with Gasteiger partial charge in [-0.2, -0.15) is 0 Å². The molecule has 2 rings (SSSR count). The molecule has 2 N–H and O–H groups in total. The predicted molar refractivity (Wildman–Crippen MR) is 54.4 cm³/mol. The van der Waals surface area contributed by atoms with E-state index in [1.165, 1.54) is 0 Å². The van der Waals surface area contributed by atoms with Gasteiger partial charge in [0.2, 0.25) is 0 Å². The van der Waals surface area contributed by atoms with Crippen molar-refractivity contribution in [3.63, 3.8) is 0 Å². The van der Waals surface area contributed by atoms with Crippen molar-refractivity contribution in [3.8, 4) is 22.8 Å². The van der Waals surface area contributed by atoms with E-state index in [9.17, 15) is 5.11 Å².